The first-order valence-electron chi connectivity index (χ1n) is 4.04. The van der Waals surface area contributed by atoms with E-state index in [1.165, 1.54) is 0 Å². The van der Waals surface area contributed by atoms with E-state index in [0.717, 1.165) is 0 Å². The van der Waals surface area contributed by atoms with E-state index in [2.05, 4.69) is 11.8 Å². The van der Waals surface area contributed by atoms with Crippen LogP contribution in [0, 0.1) is 18.8 Å². The minimum absolute atomic E-state index is 0.247. The third-order valence-electron chi connectivity index (χ3n) is 1.85. The maximum Gasteiger partial charge on any atom is 0.335 e. The van der Waals surface area contributed by atoms with Crippen molar-refractivity contribution in [2.45, 2.75) is 6.92 Å². The SMILES string of the molecule is Cc1c(C#CCCl)cccc1C(=O)O. The van der Waals surface area contributed by atoms with E-state index in [1.807, 2.05) is 0 Å². The zero-order valence-corrected chi connectivity index (χ0v) is 8.43. The number of aromatic carboxylic acids is 1. The van der Waals surface area contributed by atoms with Gasteiger partial charge in [0.15, 0.2) is 0 Å². The lowest BCUT2D eigenvalue weighted by Crippen LogP contribution is -2.00. The molecule has 1 aromatic rings. The average Bonchev–Trinajstić information content (AvgIpc) is 2.16. The Morgan fingerprint density at radius 2 is 2.29 bits per heavy atom. The van der Waals surface area contributed by atoms with Gasteiger partial charge in [-0.15, -0.1) is 11.6 Å². The minimum Gasteiger partial charge on any atom is -0.478 e. The quantitative estimate of drug-likeness (QED) is 0.568. The van der Waals surface area contributed by atoms with Crippen LogP contribution in [0.4, 0.5) is 0 Å². The Labute approximate surface area is 87.5 Å². The van der Waals surface area contributed by atoms with Gasteiger partial charge in [-0.2, -0.15) is 0 Å². The molecule has 3 heteroatoms. The summed E-state index contributed by atoms with van der Waals surface area (Å²) < 4.78 is 0. The number of benzene rings is 1. The number of carboxylic acid groups (broad SMARTS) is 1. The lowest BCUT2D eigenvalue weighted by atomic mass is 10.0. The summed E-state index contributed by atoms with van der Waals surface area (Å²) >= 11 is 5.42. The molecule has 0 bridgehead atoms. The Morgan fingerprint density at radius 3 is 2.86 bits per heavy atom. The number of carbonyl (C=O) groups is 1. The van der Waals surface area contributed by atoms with Crippen LogP contribution in [0.15, 0.2) is 18.2 Å². The number of alkyl halides is 1. The molecule has 0 radical (unpaired) electrons. The third kappa shape index (κ3) is 2.27. The maximum atomic E-state index is 10.8. The molecule has 0 saturated heterocycles. The summed E-state index contributed by atoms with van der Waals surface area (Å²) in [6.45, 7) is 1.74. The lowest BCUT2D eigenvalue weighted by Gasteiger charge is -2.01. The predicted octanol–water partition coefficient (Wildman–Crippen LogP) is 2.28. The second-order valence-electron chi connectivity index (χ2n) is 2.72. The fourth-order valence-electron chi connectivity index (χ4n) is 1.13. The molecule has 0 saturated carbocycles. The zero-order valence-electron chi connectivity index (χ0n) is 7.67. The second-order valence-corrected chi connectivity index (χ2v) is 2.99. The first kappa shape index (κ1) is 10.6. The van der Waals surface area contributed by atoms with Gasteiger partial charge >= 0.3 is 5.97 Å². The molecule has 1 rings (SSSR count). The number of rotatable bonds is 1. The normalized spacial score (nSPS) is 9.00. The number of carboxylic acids is 1. The van der Waals surface area contributed by atoms with Gasteiger partial charge in [0.1, 0.15) is 0 Å². The van der Waals surface area contributed by atoms with Crippen LogP contribution >= 0.6 is 11.6 Å². The van der Waals surface area contributed by atoms with Gasteiger partial charge < -0.3 is 5.11 Å². The highest BCUT2D eigenvalue weighted by Gasteiger charge is 2.07. The van der Waals surface area contributed by atoms with Crippen molar-refractivity contribution in [2.24, 2.45) is 0 Å². The Hall–Kier alpha value is -1.46. The molecule has 0 aliphatic rings. The highest BCUT2D eigenvalue weighted by atomic mass is 35.5. The predicted molar refractivity (Wildman–Crippen MR) is 55.7 cm³/mol. The number of halogens is 1. The van der Waals surface area contributed by atoms with E-state index >= 15 is 0 Å². The van der Waals surface area contributed by atoms with Crippen molar-refractivity contribution in [3.63, 3.8) is 0 Å². The van der Waals surface area contributed by atoms with E-state index in [-0.39, 0.29) is 11.4 Å². The van der Waals surface area contributed by atoms with Crippen molar-refractivity contribution >= 4 is 17.6 Å². The molecule has 0 atom stereocenters. The van der Waals surface area contributed by atoms with Crippen LogP contribution in [-0.4, -0.2) is 17.0 Å². The van der Waals surface area contributed by atoms with Crippen molar-refractivity contribution < 1.29 is 9.90 Å². The monoisotopic (exact) mass is 208 g/mol. The summed E-state index contributed by atoms with van der Waals surface area (Å²) in [6, 6.07) is 5.01. The van der Waals surface area contributed by atoms with Crippen LogP contribution in [0.2, 0.25) is 0 Å². The van der Waals surface area contributed by atoms with Crippen LogP contribution in [0.1, 0.15) is 21.5 Å². The zero-order chi connectivity index (χ0) is 10.6. The van der Waals surface area contributed by atoms with Crippen molar-refractivity contribution in [1.29, 1.82) is 0 Å². The Morgan fingerprint density at radius 1 is 1.57 bits per heavy atom. The topological polar surface area (TPSA) is 37.3 Å². The summed E-state index contributed by atoms with van der Waals surface area (Å²) in [5, 5.41) is 8.84. The van der Waals surface area contributed by atoms with Crippen LogP contribution in [0.25, 0.3) is 0 Å². The minimum atomic E-state index is -0.933. The van der Waals surface area contributed by atoms with Gasteiger partial charge in [-0.25, -0.2) is 4.79 Å². The molecule has 0 aromatic heterocycles. The molecule has 0 unspecified atom stereocenters. The maximum absolute atomic E-state index is 10.8. The van der Waals surface area contributed by atoms with Crippen molar-refractivity contribution in [3.8, 4) is 11.8 Å². The molecular formula is C11H9ClO2. The number of hydrogen-bond donors (Lipinski definition) is 1. The van der Waals surface area contributed by atoms with Crippen molar-refractivity contribution in [2.75, 3.05) is 5.88 Å². The molecule has 2 nitrogen and oxygen atoms in total. The van der Waals surface area contributed by atoms with E-state index in [4.69, 9.17) is 16.7 Å². The molecule has 0 aliphatic heterocycles. The summed E-state index contributed by atoms with van der Waals surface area (Å²) in [6.07, 6.45) is 0. The van der Waals surface area contributed by atoms with E-state index in [1.54, 1.807) is 25.1 Å². The van der Waals surface area contributed by atoms with Gasteiger partial charge in [-0.1, -0.05) is 17.9 Å². The molecular weight excluding hydrogens is 200 g/mol. The largest absolute Gasteiger partial charge is 0.478 e. The van der Waals surface area contributed by atoms with E-state index in [9.17, 15) is 4.79 Å². The molecule has 14 heavy (non-hydrogen) atoms. The van der Waals surface area contributed by atoms with Gasteiger partial charge in [0.25, 0.3) is 0 Å². The molecule has 0 fully saturated rings. The first-order chi connectivity index (χ1) is 6.66. The molecule has 0 amide bonds. The fourth-order valence-corrected chi connectivity index (χ4v) is 1.20. The highest BCUT2D eigenvalue weighted by molar-refractivity contribution is 6.19. The molecule has 1 N–H and O–H groups in total. The van der Waals surface area contributed by atoms with Crippen LogP contribution in [0.3, 0.4) is 0 Å². The van der Waals surface area contributed by atoms with E-state index < -0.39 is 5.97 Å². The first-order valence-corrected chi connectivity index (χ1v) is 4.58. The van der Waals surface area contributed by atoms with Gasteiger partial charge in [0, 0.05) is 5.56 Å². The van der Waals surface area contributed by atoms with Gasteiger partial charge in [0.05, 0.1) is 11.4 Å². The average molecular weight is 209 g/mol. The van der Waals surface area contributed by atoms with E-state index in [0.29, 0.717) is 11.1 Å². The van der Waals surface area contributed by atoms with Crippen LogP contribution in [0.5, 0.6) is 0 Å². The Bertz CT molecular complexity index is 413. The smallest absolute Gasteiger partial charge is 0.335 e. The van der Waals surface area contributed by atoms with Gasteiger partial charge in [-0.3, -0.25) is 0 Å². The Kier molecular flexibility index (Phi) is 3.55. The highest BCUT2D eigenvalue weighted by Crippen LogP contribution is 2.12. The van der Waals surface area contributed by atoms with Crippen molar-refractivity contribution in [1.82, 2.24) is 0 Å². The molecule has 0 aliphatic carbocycles. The molecule has 1 aromatic carbocycles. The summed E-state index contributed by atoms with van der Waals surface area (Å²) in [5.41, 5.74) is 1.68. The van der Waals surface area contributed by atoms with Crippen molar-refractivity contribution in [3.05, 3.63) is 34.9 Å². The molecule has 0 spiro atoms. The van der Waals surface area contributed by atoms with Gasteiger partial charge in [0.2, 0.25) is 0 Å². The van der Waals surface area contributed by atoms with Gasteiger partial charge in [-0.05, 0) is 24.6 Å². The number of hydrogen-bond acceptors (Lipinski definition) is 1. The van der Waals surface area contributed by atoms with Crippen LogP contribution in [-0.2, 0) is 0 Å². The summed E-state index contributed by atoms with van der Waals surface area (Å²) in [5.74, 6) is 4.82. The molecule has 0 heterocycles. The lowest BCUT2D eigenvalue weighted by molar-refractivity contribution is 0.0696. The molecule has 72 valence electrons. The second kappa shape index (κ2) is 4.69. The fraction of sp³-hybridized carbons (Fsp3) is 0.182. The summed E-state index contributed by atoms with van der Waals surface area (Å²) in [4.78, 5) is 10.8. The summed E-state index contributed by atoms with van der Waals surface area (Å²) in [7, 11) is 0. The Balaban J connectivity index is 3.20. The third-order valence-corrected chi connectivity index (χ3v) is 1.99. The van der Waals surface area contributed by atoms with Crippen LogP contribution < -0.4 is 0 Å². The standard InChI is InChI=1S/C11H9ClO2/c1-8-9(5-3-7-12)4-2-6-10(8)11(13)14/h2,4,6H,7H2,1H3,(H,13,14).